The second kappa shape index (κ2) is 11.2. The Morgan fingerprint density at radius 1 is 1.00 bits per heavy atom. The minimum Gasteiger partial charge on any atom is -0.493 e. The van der Waals surface area contributed by atoms with Gasteiger partial charge in [0.25, 0.3) is 0 Å². The van der Waals surface area contributed by atoms with Crippen molar-refractivity contribution in [2.45, 2.75) is 58.0 Å². The molecular weight excluding hydrogens is 559 g/mol. The molecule has 2 heterocycles. The molecule has 7 nitrogen and oxygen atoms in total. The highest BCUT2D eigenvalue weighted by molar-refractivity contribution is 7.91. The average Bonchev–Trinajstić information content (AvgIpc) is 3.25. The average molecular weight is 595 g/mol. The lowest BCUT2D eigenvalue weighted by molar-refractivity contribution is -0.137. The summed E-state index contributed by atoms with van der Waals surface area (Å²) in [4.78, 5) is 11.1. The summed E-state index contributed by atoms with van der Waals surface area (Å²) in [6.45, 7) is 2.92. The van der Waals surface area contributed by atoms with Gasteiger partial charge in [0.15, 0.2) is 0 Å². The lowest BCUT2D eigenvalue weighted by Gasteiger charge is -2.33. The zero-order valence-corrected chi connectivity index (χ0v) is 24.5. The van der Waals surface area contributed by atoms with Crippen molar-refractivity contribution in [1.29, 1.82) is 0 Å². The maximum atomic E-state index is 15.2. The third-order valence-corrected chi connectivity index (χ3v) is 10.5. The highest BCUT2D eigenvalue weighted by Gasteiger charge is 2.34. The standard InChI is InChI=1S/C33H35FO7S/c1-33(9-11-42(37,38)12-10-33)20-41-25-5-7-27-21(13-25)3-2-4-22-15-30(34)24(14-29(22)27)19-39-26-6-8-28-23(16-32(35)36)18-40-31(28)17-26/h5-8,13-15,17,23H,2-4,9-12,16,18-20H2,1H3,(H,35,36)/t23-/m1/s1. The molecule has 6 rings (SSSR count). The van der Waals surface area contributed by atoms with Crippen LogP contribution in [0.5, 0.6) is 17.2 Å². The number of carboxylic acids is 1. The summed E-state index contributed by atoms with van der Waals surface area (Å²) in [7, 11) is -2.93. The Labute approximate surface area is 245 Å². The molecule has 1 fully saturated rings. The second-order valence-corrected chi connectivity index (χ2v) is 14.4. The summed E-state index contributed by atoms with van der Waals surface area (Å²) in [5.74, 6) is 0.971. The SMILES string of the molecule is CC1(COc2ccc3c(c2)CCCc2cc(F)c(COc4ccc5c(c4)OC[C@H]5CC(=O)O)cc2-3)CCS(=O)(=O)CC1. The van der Waals surface area contributed by atoms with E-state index in [-0.39, 0.29) is 41.7 Å². The van der Waals surface area contributed by atoms with Gasteiger partial charge in [-0.15, -0.1) is 0 Å². The Morgan fingerprint density at radius 2 is 1.71 bits per heavy atom. The molecule has 0 unspecified atom stereocenters. The van der Waals surface area contributed by atoms with Crippen LogP contribution in [0.3, 0.4) is 0 Å². The molecule has 0 spiro atoms. The Kier molecular flexibility index (Phi) is 7.64. The fourth-order valence-electron chi connectivity index (χ4n) is 6.15. The van der Waals surface area contributed by atoms with Gasteiger partial charge in [-0.3, -0.25) is 4.79 Å². The highest BCUT2D eigenvalue weighted by Crippen LogP contribution is 2.40. The summed E-state index contributed by atoms with van der Waals surface area (Å²) >= 11 is 0. The van der Waals surface area contributed by atoms with Crippen molar-refractivity contribution >= 4 is 15.8 Å². The summed E-state index contributed by atoms with van der Waals surface area (Å²) in [5, 5.41) is 9.13. The largest absolute Gasteiger partial charge is 0.493 e. The number of benzene rings is 3. The number of aliphatic carboxylic acids is 1. The first-order valence-electron chi connectivity index (χ1n) is 14.5. The second-order valence-electron chi connectivity index (χ2n) is 12.1. The van der Waals surface area contributed by atoms with Gasteiger partial charge in [-0.2, -0.15) is 0 Å². The van der Waals surface area contributed by atoms with E-state index in [0.29, 0.717) is 43.1 Å². The number of sulfone groups is 1. The number of carboxylic acid groups (broad SMARTS) is 1. The van der Waals surface area contributed by atoms with E-state index < -0.39 is 15.8 Å². The van der Waals surface area contributed by atoms with Gasteiger partial charge < -0.3 is 19.3 Å². The van der Waals surface area contributed by atoms with Crippen LogP contribution in [0, 0.1) is 11.2 Å². The smallest absolute Gasteiger partial charge is 0.304 e. The minimum absolute atomic E-state index is 0.00837. The third kappa shape index (κ3) is 6.11. The van der Waals surface area contributed by atoms with Crippen LogP contribution >= 0.6 is 0 Å². The van der Waals surface area contributed by atoms with Crippen molar-refractivity contribution in [3.8, 4) is 28.4 Å². The zero-order chi connectivity index (χ0) is 29.5. The number of hydrogen-bond acceptors (Lipinski definition) is 6. The Hall–Kier alpha value is -3.59. The molecule has 0 radical (unpaired) electrons. The third-order valence-electron chi connectivity index (χ3n) is 8.83. The molecule has 222 valence electrons. The number of carbonyl (C=O) groups is 1. The molecule has 9 heteroatoms. The molecular formula is C33H35FO7S. The lowest BCUT2D eigenvalue weighted by Crippen LogP contribution is -2.35. The number of fused-ring (bicyclic) bond motifs is 4. The van der Waals surface area contributed by atoms with Crippen molar-refractivity contribution in [3.05, 3.63) is 76.6 Å². The number of rotatable bonds is 8. The van der Waals surface area contributed by atoms with Crippen molar-refractivity contribution in [3.63, 3.8) is 0 Å². The molecule has 42 heavy (non-hydrogen) atoms. The normalized spacial score (nSPS) is 19.9. The van der Waals surface area contributed by atoms with Gasteiger partial charge in [0, 0.05) is 28.5 Å². The minimum atomic E-state index is -2.93. The predicted octanol–water partition coefficient (Wildman–Crippen LogP) is 6.10. The van der Waals surface area contributed by atoms with Gasteiger partial charge in [0.1, 0.15) is 39.5 Å². The van der Waals surface area contributed by atoms with E-state index in [0.717, 1.165) is 52.8 Å². The molecule has 0 aromatic heterocycles. The summed E-state index contributed by atoms with van der Waals surface area (Å²) in [6.07, 6.45) is 3.73. The predicted molar refractivity (Wildman–Crippen MR) is 157 cm³/mol. The van der Waals surface area contributed by atoms with E-state index in [2.05, 4.69) is 13.0 Å². The number of ether oxygens (including phenoxy) is 3. The number of aryl methyl sites for hydroxylation is 2. The van der Waals surface area contributed by atoms with Crippen LogP contribution in [0.25, 0.3) is 11.1 Å². The van der Waals surface area contributed by atoms with Gasteiger partial charge in [-0.25, -0.2) is 12.8 Å². The first-order chi connectivity index (χ1) is 20.1. The van der Waals surface area contributed by atoms with Crippen LogP contribution in [0.15, 0.2) is 48.5 Å². The van der Waals surface area contributed by atoms with Crippen LogP contribution in [-0.4, -0.2) is 44.2 Å². The van der Waals surface area contributed by atoms with E-state index in [4.69, 9.17) is 19.3 Å². The molecule has 1 aliphatic carbocycles. The maximum Gasteiger partial charge on any atom is 0.304 e. The number of hydrogen-bond donors (Lipinski definition) is 1. The van der Waals surface area contributed by atoms with Crippen molar-refractivity contribution in [2.24, 2.45) is 5.41 Å². The molecule has 3 aromatic carbocycles. The fraction of sp³-hybridized carbons (Fsp3) is 0.424. The molecule has 0 amide bonds. The molecule has 1 saturated heterocycles. The quantitative estimate of drug-likeness (QED) is 0.336. The van der Waals surface area contributed by atoms with Gasteiger partial charge >= 0.3 is 5.97 Å². The topological polar surface area (TPSA) is 99.1 Å². The first-order valence-corrected chi connectivity index (χ1v) is 16.3. The summed E-state index contributed by atoms with van der Waals surface area (Å²) in [6, 6.07) is 14.9. The summed E-state index contributed by atoms with van der Waals surface area (Å²) < 4.78 is 56.7. The molecule has 0 bridgehead atoms. The van der Waals surface area contributed by atoms with E-state index in [1.807, 2.05) is 24.3 Å². The maximum absolute atomic E-state index is 15.2. The van der Waals surface area contributed by atoms with Crippen molar-refractivity contribution < 1.29 is 36.9 Å². The van der Waals surface area contributed by atoms with E-state index in [1.165, 1.54) is 0 Å². The van der Waals surface area contributed by atoms with Crippen molar-refractivity contribution in [1.82, 2.24) is 0 Å². The molecule has 3 aromatic rings. The zero-order valence-electron chi connectivity index (χ0n) is 23.7. The molecule has 1 atom stereocenters. The lowest BCUT2D eigenvalue weighted by atomic mass is 9.85. The van der Waals surface area contributed by atoms with Crippen LogP contribution in [0.4, 0.5) is 4.39 Å². The first kappa shape index (κ1) is 28.5. The van der Waals surface area contributed by atoms with Crippen LogP contribution in [0.1, 0.15) is 60.8 Å². The van der Waals surface area contributed by atoms with Gasteiger partial charge in [-0.1, -0.05) is 19.1 Å². The van der Waals surface area contributed by atoms with Crippen LogP contribution < -0.4 is 14.2 Å². The molecule has 0 saturated carbocycles. The van der Waals surface area contributed by atoms with Gasteiger partial charge in [0.2, 0.25) is 0 Å². The fourth-order valence-corrected chi connectivity index (χ4v) is 7.96. The summed E-state index contributed by atoms with van der Waals surface area (Å²) in [5.41, 5.74) is 5.30. The molecule has 3 aliphatic rings. The Morgan fingerprint density at radius 3 is 2.48 bits per heavy atom. The van der Waals surface area contributed by atoms with Crippen LogP contribution in [0.2, 0.25) is 0 Å². The van der Waals surface area contributed by atoms with Gasteiger partial charge in [-0.05, 0) is 84.7 Å². The molecule has 2 aliphatic heterocycles. The molecule has 1 N–H and O–H groups in total. The Bertz CT molecular complexity index is 1620. The van der Waals surface area contributed by atoms with E-state index >= 15 is 4.39 Å². The van der Waals surface area contributed by atoms with Gasteiger partial charge in [0.05, 0.1) is 31.1 Å². The number of halogens is 1. The van der Waals surface area contributed by atoms with E-state index in [9.17, 15) is 13.2 Å². The monoisotopic (exact) mass is 594 g/mol. The Balaban J connectivity index is 1.17. The van der Waals surface area contributed by atoms with Crippen molar-refractivity contribution in [2.75, 3.05) is 24.7 Å². The van der Waals surface area contributed by atoms with Crippen LogP contribution in [-0.2, 0) is 34.1 Å². The highest BCUT2D eigenvalue weighted by atomic mass is 32.2. The van der Waals surface area contributed by atoms with E-state index in [1.54, 1.807) is 18.2 Å².